The summed E-state index contributed by atoms with van der Waals surface area (Å²) in [4.78, 5) is 0. The average Bonchev–Trinajstić information content (AvgIpc) is 1.81. The minimum atomic E-state index is 0.709. The minimum Gasteiger partial charge on any atom is -0.169 e. The second-order valence-electron chi connectivity index (χ2n) is 1.25. The van der Waals surface area contributed by atoms with Crippen LogP contribution in [0, 0.1) is 0 Å². The Morgan fingerprint density at radius 1 is 1.38 bits per heavy atom. The molecule has 0 aromatic heterocycles. The van der Waals surface area contributed by atoms with Crippen molar-refractivity contribution in [3.63, 3.8) is 0 Å². The third kappa shape index (κ3) is 5.27. The van der Waals surface area contributed by atoms with Gasteiger partial charge in [0.05, 0.1) is 6.54 Å². The van der Waals surface area contributed by atoms with E-state index in [0.29, 0.717) is 6.54 Å². The van der Waals surface area contributed by atoms with Crippen molar-refractivity contribution in [2.75, 3.05) is 6.54 Å². The Kier molecular flexibility index (Phi) is 5.70. The maximum absolute atomic E-state index is 3.64. The molecule has 0 aliphatic heterocycles. The lowest BCUT2D eigenvalue weighted by Crippen LogP contribution is -1.64. The second kappa shape index (κ2) is 6.27. The number of hydrogen-bond donors (Lipinski definition) is 0. The first-order valence-electron chi connectivity index (χ1n) is 2.80. The smallest absolute Gasteiger partial charge is 0.0592 e. The molecule has 0 N–H and O–H groups in total. The summed E-state index contributed by atoms with van der Waals surface area (Å²) in [6.07, 6.45) is 2.64. The van der Waals surface area contributed by atoms with Gasteiger partial charge < -0.3 is 0 Å². The van der Waals surface area contributed by atoms with Crippen LogP contribution in [0.2, 0.25) is 0 Å². The zero-order chi connectivity index (χ0) is 6.24. The lowest BCUT2D eigenvalue weighted by Gasteiger charge is -1.73. The van der Waals surface area contributed by atoms with Crippen molar-refractivity contribution in [3.8, 4) is 0 Å². The lowest BCUT2D eigenvalue weighted by molar-refractivity contribution is 0.927. The van der Waals surface area contributed by atoms with Crippen LogP contribution < -0.4 is 0 Å². The number of hydrogen-bond acceptors (Lipinski definition) is 2. The van der Waals surface area contributed by atoms with Crippen molar-refractivity contribution in [2.24, 2.45) is 15.4 Å². The van der Waals surface area contributed by atoms with Crippen LogP contribution in [0.15, 0.2) is 15.4 Å². The summed E-state index contributed by atoms with van der Waals surface area (Å²) in [5.41, 5.74) is 0. The molecule has 0 aromatic rings. The molecule has 46 valence electrons. The highest BCUT2D eigenvalue weighted by Gasteiger charge is 1.63. The van der Waals surface area contributed by atoms with Crippen molar-refractivity contribution in [1.82, 2.24) is 0 Å². The van der Waals surface area contributed by atoms with Gasteiger partial charge >= 0.3 is 0 Å². The topological polar surface area (TPSA) is 37.1 Å². The van der Waals surface area contributed by atoms with Crippen molar-refractivity contribution in [3.05, 3.63) is 0 Å². The molecule has 3 nitrogen and oxygen atoms in total. The first-order chi connectivity index (χ1) is 3.91. The monoisotopic (exact) mass is 113 g/mol. The van der Waals surface area contributed by atoms with Crippen LogP contribution in [0.25, 0.3) is 0 Å². The maximum atomic E-state index is 3.64. The Labute approximate surface area is 49.5 Å². The molecule has 0 fully saturated rings. The van der Waals surface area contributed by atoms with Crippen molar-refractivity contribution >= 4 is 6.21 Å². The van der Waals surface area contributed by atoms with Gasteiger partial charge in [0.2, 0.25) is 0 Å². The molecule has 0 spiro atoms. The molecule has 0 aliphatic rings. The van der Waals surface area contributed by atoms with E-state index in [-0.39, 0.29) is 0 Å². The molecule has 0 amide bonds. The van der Waals surface area contributed by atoms with E-state index >= 15 is 0 Å². The van der Waals surface area contributed by atoms with Gasteiger partial charge in [-0.15, -0.1) is 5.10 Å². The van der Waals surface area contributed by atoms with Crippen LogP contribution in [0.5, 0.6) is 0 Å². The third-order valence-electron chi connectivity index (χ3n) is 0.521. The zero-order valence-corrected chi connectivity index (χ0v) is 5.33. The maximum Gasteiger partial charge on any atom is 0.0592 e. The normalized spacial score (nSPS) is 11.8. The van der Waals surface area contributed by atoms with E-state index in [1.807, 2.05) is 13.8 Å². The van der Waals surface area contributed by atoms with Gasteiger partial charge in [0.1, 0.15) is 0 Å². The number of nitrogens with zero attached hydrogens (tertiary/aromatic N) is 3. The predicted octanol–water partition coefficient (Wildman–Crippen LogP) is 1.85. The highest BCUT2D eigenvalue weighted by molar-refractivity contribution is 5.55. The van der Waals surface area contributed by atoms with Gasteiger partial charge in [0.25, 0.3) is 0 Å². The highest BCUT2D eigenvalue weighted by atomic mass is 15.4. The molecule has 0 aromatic carbocycles. The fourth-order valence-corrected chi connectivity index (χ4v) is 0.218. The van der Waals surface area contributed by atoms with E-state index in [9.17, 15) is 0 Å². The van der Waals surface area contributed by atoms with Crippen molar-refractivity contribution in [1.29, 1.82) is 0 Å². The molecule has 0 saturated carbocycles. The van der Waals surface area contributed by atoms with Crippen LogP contribution in [0.1, 0.15) is 20.3 Å². The Bertz CT molecular complexity index is 73.7. The largest absolute Gasteiger partial charge is 0.169 e. The van der Waals surface area contributed by atoms with E-state index in [1.165, 1.54) is 0 Å². The van der Waals surface area contributed by atoms with E-state index in [4.69, 9.17) is 0 Å². The van der Waals surface area contributed by atoms with E-state index in [0.717, 1.165) is 6.42 Å². The fraction of sp³-hybridized carbons (Fsp3) is 0.800. The van der Waals surface area contributed by atoms with E-state index in [1.54, 1.807) is 6.21 Å². The molecule has 0 unspecified atom stereocenters. The fourth-order valence-electron chi connectivity index (χ4n) is 0.218. The first-order valence-corrected chi connectivity index (χ1v) is 2.80. The number of rotatable bonds is 3. The Morgan fingerprint density at radius 2 is 2.12 bits per heavy atom. The molecule has 0 atom stereocenters. The molecular formula is C5H11N3. The molecule has 0 heterocycles. The third-order valence-corrected chi connectivity index (χ3v) is 0.521. The molecule has 0 bridgehead atoms. The minimum absolute atomic E-state index is 0.709. The Morgan fingerprint density at radius 3 is 2.62 bits per heavy atom. The molecule has 0 saturated heterocycles. The first kappa shape index (κ1) is 7.27. The van der Waals surface area contributed by atoms with Crippen molar-refractivity contribution in [2.45, 2.75) is 20.3 Å². The molecule has 3 heteroatoms. The summed E-state index contributed by atoms with van der Waals surface area (Å²) in [5, 5.41) is 10.7. The molecule has 0 rings (SSSR count). The van der Waals surface area contributed by atoms with Gasteiger partial charge in [-0.05, 0) is 13.3 Å². The van der Waals surface area contributed by atoms with E-state index < -0.39 is 0 Å². The summed E-state index contributed by atoms with van der Waals surface area (Å²) >= 11 is 0. The van der Waals surface area contributed by atoms with Gasteiger partial charge in [-0.1, -0.05) is 12.1 Å². The van der Waals surface area contributed by atoms with Gasteiger partial charge in [0.15, 0.2) is 0 Å². The zero-order valence-electron chi connectivity index (χ0n) is 5.33. The summed E-state index contributed by atoms with van der Waals surface area (Å²) in [6, 6.07) is 0. The van der Waals surface area contributed by atoms with Gasteiger partial charge in [-0.25, -0.2) is 0 Å². The van der Waals surface area contributed by atoms with Crippen LogP contribution in [0.3, 0.4) is 0 Å². The predicted molar refractivity (Wildman–Crippen MR) is 34.2 cm³/mol. The Hall–Kier alpha value is -0.730. The summed E-state index contributed by atoms with van der Waals surface area (Å²) in [7, 11) is 0. The quantitative estimate of drug-likeness (QED) is 0.304. The van der Waals surface area contributed by atoms with Crippen LogP contribution >= 0.6 is 0 Å². The summed E-state index contributed by atoms with van der Waals surface area (Å²) < 4.78 is 0. The van der Waals surface area contributed by atoms with Gasteiger partial charge in [0, 0.05) is 6.21 Å². The van der Waals surface area contributed by atoms with Crippen molar-refractivity contribution < 1.29 is 0 Å². The SMILES string of the molecule is CC/C=N\N=NCC. The second-order valence-corrected chi connectivity index (χ2v) is 1.25. The molecule has 8 heavy (non-hydrogen) atoms. The molecule has 0 radical (unpaired) electrons. The van der Waals surface area contributed by atoms with Gasteiger partial charge in [-0.3, -0.25) is 0 Å². The summed E-state index contributed by atoms with van der Waals surface area (Å²) in [5.74, 6) is 0. The van der Waals surface area contributed by atoms with Crippen LogP contribution in [0.4, 0.5) is 0 Å². The standard InChI is InChI=1S/C5H11N3/c1-3-5-7-8-6-4-2/h5H,3-4H2,1-2H3/b7-5-,8-6?. The Balaban J connectivity index is 3.13. The van der Waals surface area contributed by atoms with Crippen LogP contribution in [-0.4, -0.2) is 12.8 Å². The summed E-state index contributed by atoms with van der Waals surface area (Å²) in [6.45, 7) is 4.64. The molecule has 0 aliphatic carbocycles. The lowest BCUT2D eigenvalue weighted by atomic mass is 10.6. The average molecular weight is 113 g/mol. The van der Waals surface area contributed by atoms with E-state index in [2.05, 4.69) is 15.4 Å². The van der Waals surface area contributed by atoms with Gasteiger partial charge in [-0.2, -0.15) is 5.11 Å². The highest BCUT2D eigenvalue weighted by Crippen LogP contribution is 1.75. The van der Waals surface area contributed by atoms with Crippen LogP contribution in [-0.2, 0) is 0 Å². The molecular weight excluding hydrogens is 102 g/mol.